The van der Waals surface area contributed by atoms with Gasteiger partial charge in [0.1, 0.15) is 0 Å². The van der Waals surface area contributed by atoms with Gasteiger partial charge in [-0.25, -0.2) is 0 Å². The second-order valence-corrected chi connectivity index (χ2v) is 5.90. The molecule has 8 heteroatoms. The summed E-state index contributed by atoms with van der Waals surface area (Å²) >= 11 is 0. The monoisotopic (exact) mass is 357 g/mol. The first kappa shape index (κ1) is 17.7. The number of carboxylic acids is 1. The molecule has 1 aliphatic rings. The summed E-state index contributed by atoms with van der Waals surface area (Å²) in [6.45, 7) is 0.404. The topological polar surface area (TPSA) is 102 Å². The quantitative estimate of drug-likeness (QED) is 0.869. The highest BCUT2D eigenvalue weighted by atomic mass is 16.5. The van der Waals surface area contributed by atoms with Crippen LogP contribution in [0.5, 0.6) is 11.5 Å². The lowest BCUT2D eigenvalue weighted by atomic mass is 9.89. The lowest BCUT2D eigenvalue weighted by molar-refractivity contribution is -0.138. The van der Waals surface area contributed by atoms with Crippen molar-refractivity contribution in [2.45, 2.75) is 18.9 Å². The summed E-state index contributed by atoms with van der Waals surface area (Å²) in [7, 11) is 3.07. The summed E-state index contributed by atoms with van der Waals surface area (Å²) in [4.78, 5) is 25.9. The molecule has 3 rings (SSSR count). The van der Waals surface area contributed by atoms with E-state index in [1.807, 2.05) is 6.07 Å². The summed E-state index contributed by atoms with van der Waals surface area (Å²) in [5, 5.41) is 16.8. The maximum Gasteiger partial charge on any atom is 0.305 e. The molecule has 1 N–H and O–H groups in total. The Kier molecular flexibility index (Phi) is 5.01. The first-order valence-corrected chi connectivity index (χ1v) is 8.09. The van der Waals surface area contributed by atoms with Crippen molar-refractivity contribution < 1.29 is 24.2 Å². The number of aliphatic carboxylic acids is 1. The number of carbonyl (C=O) groups excluding carboxylic acids is 1. The van der Waals surface area contributed by atoms with Gasteiger partial charge in [0.15, 0.2) is 11.5 Å². The first-order valence-electron chi connectivity index (χ1n) is 8.09. The molecule has 1 atom stereocenters. The maximum absolute atomic E-state index is 12.9. The molecule has 0 radical (unpaired) electrons. The second-order valence-electron chi connectivity index (χ2n) is 5.90. The number of benzene rings is 1. The van der Waals surface area contributed by atoms with Gasteiger partial charge in [0.2, 0.25) is 0 Å². The summed E-state index contributed by atoms with van der Waals surface area (Å²) in [5.41, 5.74) is 2.08. The van der Waals surface area contributed by atoms with Crippen LogP contribution in [-0.2, 0) is 11.2 Å². The lowest BCUT2D eigenvalue weighted by Gasteiger charge is -2.37. The van der Waals surface area contributed by atoms with E-state index in [2.05, 4.69) is 10.2 Å². The summed E-state index contributed by atoms with van der Waals surface area (Å²) in [6.07, 6.45) is 3.21. The Hall–Kier alpha value is -3.16. The van der Waals surface area contributed by atoms with E-state index in [1.165, 1.54) is 19.5 Å². The van der Waals surface area contributed by atoms with Crippen LogP contribution in [-0.4, -0.2) is 52.8 Å². The van der Waals surface area contributed by atoms with E-state index in [9.17, 15) is 14.7 Å². The van der Waals surface area contributed by atoms with E-state index in [1.54, 1.807) is 24.1 Å². The van der Waals surface area contributed by atoms with Crippen LogP contribution in [0.1, 0.15) is 33.9 Å². The summed E-state index contributed by atoms with van der Waals surface area (Å²) in [6, 6.07) is 4.57. The predicted molar refractivity (Wildman–Crippen MR) is 91.3 cm³/mol. The van der Waals surface area contributed by atoms with Gasteiger partial charge in [-0.05, 0) is 35.7 Å². The molecule has 1 aromatic heterocycles. The molecular weight excluding hydrogens is 338 g/mol. The fourth-order valence-corrected chi connectivity index (χ4v) is 3.24. The molecule has 1 aliphatic heterocycles. The van der Waals surface area contributed by atoms with Crippen LogP contribution in [0.3, 0.4) is 0 Å². The van der Waals surface area contributed by atoms with E-state index < -0.39 is 12.0 Å². The van der Waals surface area contributed by atoms with E-state index in [0.29, 0.717) is 30.0 Å². The Balaban J connectivity index is 2.04. The van der Waals surface area contributed by atoms with Crippen molar-refractivity contribution >= 4 is 11.9 Å². The van der Waals surface area contributed by atoms with Crippen LogP contribution in [0, 0.1) is 0 Å². The normalized spacial score (nSPS) is 15.9. The number of hydrogen-bond acceptors (Lipinski definition) is 6. The first-order chi connectivity index (χ1) is 12.5. The molecule has 26 heavy (non-hydrogen) atoms. The van der Waals surface area contributed by atoms with Crippen molar-refractivity contribution in [2.75, 3.05) is 20.8 Å². The van der Waals surface area contributed by atoms with Crippen LogP contribution >= 0.6 is 0 Å². The van der Waals surface area contributed by atoms with Crippen LogP contribution in [0.25, 0.3) is 0 Å². The molecule has 0 aliphatic carbocycles. The Morgan fingerprint density at radius 3 is 2.58 bits per heavy atom. The number of rotatable bonds is 5. The molecule has 0 fully saturated rings. The average molecular weight is 357 g/mol. The van der Waals surface area contributed by atoms with E-state index >= 15 is 0 Å². The van der Waals surface area contributed by atoms with Crippen LogP contribution in [0.4, 0.5) is 0 Å². The number of fused-ring (bicyclic) bond motifs is 1. The SMILES string of the molecule is COc1cc2c(cc1OC)C(CC(=O)O)N(C(=O)c1ccnnc1)CC2. The smallest absolute Gasteiger partial charge is 0.305 e. The van der Waals surface area contributed by atoms with Gasteiger partial charge in [0.25, 0.3) is 5.91 Å². The zero-order valence-corrected chi connectivity index (χ0v) is 14.5. The number of amides is 1. The van der Waals surface area contributed by atoms with E-state index in [-0.39, 0.29) is 12.3 Å². The highest BCUT2D eigenvalue weighted by Crippen LogP contribution is 2.39. The zero-order valence-electron chi connectivity index (χ0n) is 14.5. The standard InChI is InChI=1S/C18H19N3O5/c1-25-15-7-11-4-6-21(18(24)12-3-5-19-20-10-12)14(9-17(22)23)13(11)8-16(15)26-2/h3,5,7-8,10,14H,4,6,9H2,1-2H3,(H,22,23). The molecule has 0 saturated heterocycles. The predicted octanol–water partition coefficient (Wildman–Crippen LogP) is 1.71. The third kappa shape index (κ3) is 3.30. The largest absolute Gasteiger partial charge is 0.493 e. The zero-order chi connectivity index (χ0) is 18.7. The molecule has 8 nitrogen and oxygen atoms in total. The van der Waals surface area contributed by atoms with Crippen molar-refractivity contribution in [3.05, 3.63) is 47.3 Å². The third-order valence-electron chi connectivity index (χ3n) is 4.46. The number of methoxy groups -OCH3 is 2. The van der Waals surface area contributed by atoms with Crippen molar-refractivity contribution in [1.82, 2.24) is 15.1 Å². The number of ether oxygens (including phenoxy) is 2. The minimum atomic E-state index is -0.983. The number of aromatic nitrogens is 2. The molecule has 2 aromatic rings. The molecule has 0 saturated carbocycles. The number of carbonyl (C=O) groups is 2. The maximum atomic E-state index is 12.9. The molecule has 2 heterocycles. The molecule has 1 unspecified atom stereocenters. The molecule has 0 spiro atoms. The summed E-state index contributed by atoms with van der Waals surface area (Å²) < 4.78 is 10.7. The van der Waals surface area contributed by atoms with Crippen LogP contribution in [0.15, 0.2) is 30.6 Å². The Bertz CT molecular complexity index is 825. The van der Waals surface area contributed by atoms with Gasteiger partial charge in [0, 0.05) is 6.54 Å². The van der Waals surface area contributed by atoms with Gasteiger partial charge in [-0.2, -0.15) is 10.2 Å². The van der Waals surface area contributed by atoms with Gasteiger partial charge in [-0.1, -0.05) is 0 Å². The van der Waals surface area contributed by atoms with Crippen molar-refractivity contribution in [2.24, 2.45) is 0 Å². The average Bonchev–Trinajstić information content (AvgIpc) is 2.67. The van der Waals surface area contributed by atoms with Crippen molar-refractivity contribution in [3.63, 3.8) is 0 Å². The highest BCUT2D eigenvalue weighted by Gasteiger charge is 2.34. The minimum Gasteiger partial charge on any atom is -0.493 e. The Morgan fingerprint density at radius 2 is 1.96 bits per heavy atom. The van der Waals surface area contributed by atoms with E-state index in [0.717, 1.165) is 11.1 Å². The molecule has 1 amide bonds. The van der Waals surface area contributed by atoms with E-state index in [4.69, 9.17) is 9.47 Å². The minimum absolute atomic E-state index is 0.202. The van der Waals surface area contributed by atoms with Crippen molar-refractivity contribution in [1.29, 1.82) is 0 Å². The Labute approximate surface area is 150 Å². The molecular formula is C18H19N3O5. The lowest BCUT2D eigenvalue weighted by Crippen LogP contribution is -2.41. The number of nitrogens with zero attached hydrogens (tertiary/aromatic N) is 3. The fourth-order valence-electron chi connectivity index (χ4n) is 3.24. The van der Waals surface area contributed by atoms with Gasteiger partial charge >= 0.3 is 5.97 Å². The highest BCUT2D eigenvalue weighted by molar-refractivity contribution is 5.94. The molecule has 136 valence electrons. The Morgan fingerprint density at radius 1 is 1.23 bits per heavy atom. The van der Waals surface area contributed by atoms with Gasteiger partial charge < -0.3 is 19.5 Å². The number of carboxylic acid groups (broad SMARTS) is 1. The fraction of sp³-hybridized carbons (Fsp3) is 0.333. The second kappa shape index (κ2) is 7.38. The molecule has 1 aromatic carbocycles. The van der Waals surface area contributed by atoms with Gasteiger partial charge in [-0.15, -0.1) is 0 Å². The van der Waals surface area contributed by atoms with Crippen LogP contribution < -0.4 is 9.47 Å². The summed E-state index contributed by atoms with van der Waals surface area (Å²) in [5.74, 6) is -0.171. The van der Waals surface area contributed by atoms with Gasteiger partial charge in [-0.3, -0.25) is 9.59 Å². The third-order valence-corrected chi connectivity index (χ3v) is 4.46. The van der Waals surface area contributed by atoms with Gasteiger partial charge in [0.05, 0.1) is 44.6 Å². The number of hydrogen-bond donors (Lipinski definition) is 1. The van der Waals surface area contributed by atoms with Crippen molar-refractivity contribution in [3.8, 4) is 11.5 Å². The molecule has 0 bridgehead atoms. The van der Waals surface area contributed by atoms with Crippen LogP contribution in [0.2, 0.25) is 0 Å².